The van der Waals surface area contributed by atoms with E-state index < -0.39 is 0 Å². The van der Waals surface area contributed by atoms with Crippen LogP contribution in [0.3, 0.4) is 0 Å². The number of nitrogen functional groups attached to an aromatic ring is 1. The van der Waals surface area contributed by atoms with Gasteiger partial charge in [-0.3, -0.25) is 0 Å². The first-order valence-electron chi connectivity index (χ1n) is 3.83. The van der Waals surface area contributed by atoms with E-state index in [1.165, 1.54) is 16.7 Å². The zero-order valence-corrected chi connectivity index (χ0v) is 6.59. The molecule has 0 saturated heterocycles. The van der Waals surface area contributed by atoms with Crippen LogP contribution in [0.2, 0.25) is 0 Å². The second kappa shape index (κ2) is 2.12. The summed E-state index contributed by atoms with van der Waals surface area (Å²) < 4.78 is 0. The van der Waals surface area contributed by atoms with Crippen molar-refractivity contribution in [2.75, 3.05) is 5.73 Å². The molecule has 1 aliphatic rings. The molecule has 0 bridgehead atoms. The molecule has 0 fully saturated rings. The minimum absolute atomic E-state index is 0.867. The summed E-state index contributed by atoms with van der Waals surface area (Å²) in [5, 5.41) is 0. The van der Waals surface area contributed by atoms with Crippen LogP contribution in [0.25, 0.3) is 5.57 Å². The lowest BCUT2D eigenvalue weighted by Crippen LogP contribution is -1.88. The van der Waals surface area contributed by atoms with E-state index in [1.54, 1.807) is 0 Å². The van der Waals surface area contributed by atoms with Crippen LogP contribution in [-0.2, 0) is 6.42 Å². The highest BCUT2D eigenvalue weighted by Crippen LogP contribution is 2.27. The monoisotopic (exact) mass is 145 g/mol. The van der Waals surface area contributed by atoms with Gasteiger partial charge in [0, 0.05) is 5.69 Å². The van der Waals surface area contributed by atoms with Gasteiger partial charge in [-0.2, -0.15) is 0 Å². The Labute approximate surface area is 66.5 Å². The molecule has 1 aromatic carbocycles. The number of benzene rings is 1. The van der Waals surface area contributed by atoms with E-state index in [1.807, 2.05) is 6.07 Å². The van der Waals surface area contributed by atoms with Crippen molar-refractivity contribution in [3.05, 3.63) is 35.4 Å². The zero-order chi connectivity index (χ0) is 7.84. The molecule has 0 aliphatic heterocycles. The molecule has 0 aromatic heterocycles. The first-order chi connectivity index (χ1) is 5.27. The molecule has 2 rings (SSSR count). The largest absolute Gasteiger partial charge is 0.399 e. The summed E-state index contributed by atoms with van der Waals surface area (Å²) in [6.45, 7) is 2.14. The zero-order valence-electron chi connectivity index (χ0n) is 6.59. The van der Waals surface area contributed by atoms with Crippen molar-refractivity contribution in [1.29, 1.82) is 0 Å². The van der Waals surface area contributed by atoms with Crippen molar-refractivity contribution >= 4 is 11.3 Å². The molecule has 0 atom stereocenters. The highest BCUT2D eigenvalue weighted by molar-refractivity contribution is 5.73. The maximum atomic E-state index is 5.65. The fraction of sp³-hybridized carbons (Fsp3) is 0.200. The Hall–Kier alpha value is -1.24. The Balaban J connectivity index is 2.58. The standard InChI is InChI=1S/C10H11N/c1-7-2-3-8-6-9(11)4-5-10(7)8/h2,4-6H,3,11H2,1H3. The molecular weight excluding hydrogens is 134 g/mol. The number of hydrogen-bond donors (Lipinski definition) is 1. The highest BCUT2D eigenvalue weighted by atomic mass is 14.5. The summed E-state index contributed by atoms with van der Waals surface area (Å²) >= 11 is 0. The van der Waals surface area contributed by atoms with Gasteiger partial charge in [-0.15, -0.1) is 0 Å². The fourth-order valence-electron chi connectivity index (χ4n) is 1.54. The molecule has 0 saturated carbocycles. The lowest BCUT2D eigenvalue weighted by Gasteiger charge is -2.01. The van der Waals surface area contributed by atoms with E-state index in [9.17, 15) is 0 Å². The number of anilines is 1. The van der Waals surface area contributed by atoms with Crippen molar-refractivity contribution in [1.82, 2.24) is 0 Å². The first-order valence-corrected chi connectivity index (χ1v) is 3.83. The molecule has 0 radical (unpaired) electrons. The van der Waals surface area contributed by atoms with E-state index in [-0.39, 0.29) is 0 Å². The van der Waals surface area contributed by atoms with E-state index >= 15 is 0 Å². The molecular formula is C10H11N. The molecule has 11 heavy (non-hydrogen) atoms. The SMILES string of the molecule is CC1=CCc2cc(N)ccc21. The molecule has 56 valence electrons. The average Bonchev–Trinajstić information content (AvgIpc) is 2.32. The number of rotatable bonds is 0. The summed E-state index contributed by atoms with van der Waals surface area (Å²) in [6, 6.07) is 6.12. The van der Waals surface area contributed by atoms with E-state index in [0.717, 1.165) is 12.1 Å². The summed E-state index contributed by atoms with van der Waals surface area (Å²) in [4.78, 5) is 0. The fourth-order valence-corrected chi connectivity index (χ4v) is 1.54. The van der Waals surface area contributed by atoms with Gasteiger partial charge in [0.15, 0.2) is 0 Å². The van der Waals surface area contributed by atoms with Gasteiger partial charge in [-0.25, -0.2) is 0 Å². The number of nitrogens with two attached hydrogens (primary N) is 1. The van der Waals surface area contributed by atoms with Crippen molar-refractivity contribution in [2.24, 2.45) is 0 Å². The first kappa shape index (κ1) is 6.47. The van der Waals surface area contributed by atoms with Gasteiger partial charge in [0.2, 0.25) is 0 Å². The predicted octanol–water partition coefficient (Wildman–Crippen LogP) is 2.23. The van der Waals surface area contributed by atoms with Gasteiger partial charge >= 0.3 is 0 Å². The third-order valence-electron chi connectivity index (χ3n) is 2.18. The highest BCUT2D eigenvalue weighted by Gasteiger charge is 2.09. The van der Waals surface area contributed by atoms with Gasteiger partial charge in [-0.05, 0) is 42.2 Å². The van der Waals surface area contributed by atoms with Crippen LogP contribution in [0.15, 0.2) is 24.3 Å². The Morgan fingerprint density at radius 3 is 3.00 bits per heavy atom. The second-order valence-corrected chi connectivity index (χ2v) is 3.01. The predicted molar refractivity (Wildman–Crippen MR) is 48.2 cm³/mol. The van der Waals surface area contributed by atoms with Crippen LogP contribution in [0, 0.1) is 0 Å². The second-order valence-electron chi connectivity index (χ2n) is 3.01. The van der Waals surface area contributed by atoms with Gasteiger partial charge in [0.25, 0.3) is 0 Å². The summed E-state index contributed by atoms with van der Waals surface area (Å²) in [6.07, 6.45) is 3.29. The van der Waals surface area contributed by atoms with Gasteiger partial charge in [0.1, 0.15) is 0 Å². The van der Waals surface area contributed by atoms with Crippen molar-refractivity contribution in [2.45, 2.75) is 13.3 Å². The normalized spacial score (nSPS) is 14.5. The molecule has 2 N–H and O–H groups in total. The third kappa shape index (κ3) is 0.929. The molecule has 1 heteroatoms. The third-order valence-corrected chi connectivity index (χ3v) is 2.18. The lowest BCUT2D eigenvalue weighted by atomic mass is 10.1. The maximum Gasteiger partial charge on any atom is 0.0317 e. The molecule has 1 aromatic rings. The minimum atomic E-state index is 0.867. The smallest absolute Gasteiger partial charge is 0.0317 e. The average molecular weight is 145 g/mol. The van der Waals surface area contributed by atoms with Gasteiger partial charge < -0.3 is 5.73 Å². The molecule has 0 amide bonds. The van der Waals surface area contributed by atoms with Crippen molar-refractivity contribution < 1.29 is 0 Å². The van der Waals surface area contributed by atoms with Crippen LogP contribution < -0.4 is 5.73 Å². The minimum Gasteiger partial charge on any atom is -0.399 e. The topological polar surface area (TPSA) is 26.0 Å². The Morgan fingerprint density at radius 2 is 2.18 bits per heavy atom. The number of hydrogen-bond acceptors (Lipinski definition) is 1. The summed E-state index contributed by atoms with van der Waals surface area (Å²) in [5.74, 6) is 0. The van der Waals surface area contributed by atoms with Crippen molar-refractivity contribution in [3.8, 4) is 0 Å². The summed E-state index contributed by atoms with van der Waals surface area (Å²) in [7, 11) is 0. The molecule has 0 heterocycles. The van der Waals surface area contributed by atoms with Gasteiger partial charge in [0.05, 0.1) is 0 Å². The van der Waals surface area contributed by atoms with Crippen molar-refractivity contribution in [3.63, 3.8) is 0 Å². The molecule has 1 aliphatic carbocycles. The van der Waals surface area contributed by atoms with E-state index in [0.29, 0.717) is 0 Å². The van der Waals surface area contributed by atoms with Gasteiger partial charge in [-0.1, -0.05) is 12.1 Å². The lowest BCUT2D eigenvalue weighted by molar-refractivity contribution is 1.31. The molecule has 1 nitrogen and oxygen atoms in total. The van der Waals surface area contributed by atoms with Crippen LogP contribution in [0.1, 0.15) is 18.1 Å². The molecule has 0 spiro atoms. The molecule has 0 unspecified atom stereocenters. The Kier molecular flexibility index (Phi) is 1.25. The van der Waals surface area contributed by atoms with Crippen LogP contribution in [0.5, 0.6) is 0 Å². The Bertz CT molecular complexity index is 324. The van der Waals surface area contributed by atoms with E-state index in [4.69, 9.17) is 5.73 Å². The maximum absolute atomic E-state index is 5.65. The van der Waals surface area contributed by atoms with E-state index in [2.05, 4.69) is 25.1 Å². The quantitative estimate of drug-likeness (QED) is 0.556. The Morgan fingerprint density at radius 1 is 1.36 bits per heavy atom. The summed E-state index contributed by atoms with van der Waals surface area (Å²) in [5.41, 5.74) is 10.6. The van der Waals surface area contributed by atoms with Crippen LogP contribution in [0.4, 0.5) is 5.69 Å². The van der Waals surface area contributed by atoms with Crippen LogP contribution in [-0.4, -0.2) is 0 Å². The number of fused-ring (bicyclic) bond motifs is 1. The number of allylic oxidation sites excluding steroid dienone is 2. The van der Waals surface area contributed by atoms with Crippen LogP contribution >= 0.6 is 0 Å².